The molecule has 0 N–H and O–H groups in total. The minimum atomic E-state index is 0.414. The summed E-state index contributed by atoms with van der Waals surface area (Å²) in [4.78, 5) is 12.2. The van der Waals surface area contributed by atoms with Crippen LogP contribution in [0.2, 0.25) is 0 Å². The molecule has 2 aliphatic rings. The zero-order valence-corrected chi connectivity index (χ0v) is 10.3. The lowest BCUT2D eigenvalue weighted by Crippen LogP contribution is -2.21. The highest BCUT2D eigenvalue weighted by Crippen LogP contribution is 2.48. The second-order valence-corrected chi connectivity index (χ2v) is 5.73. The van der Waals surface area contributed by atoms with Gasteiger partial charge in [-0.1, -0.05) is 36.8 Å². The predicted molar refractivity (Wildman–Crippen MR) is 68.7 cm³/mol. The highest BCUT2D eigenvalue weighted by atomic mass is 16.1. The maximum Gasteiger partial charge on any atom is 0.136 e. The average molecular weight is 228 g/mol. The Bertz CT molecular complexity index is 395. The van der Waals surface area contributed by atoms with Gasteiger partial charge in [0, 0.05) is 12.3 Å². The van der Waals surface area contributed by atoms with Crippen LogP contribution >= 0.6 is 0 Å². The molecule has 0 aromatic heterocycles. The fourth-order valence-corrected chi connectivity index (χ4v) is 3.74. The van der Waals surface area contributed by atoms with Crippen LogP contribution in [0.3, 0.4) is 0 Å². The topological polar surface area (TPSA) is 17.1 Å². The van der Waals surface area contributed by atoms with Crippen molar-refractivity contribution in [1.29, 1.82) is 0 Å². The van der Waals surface area contributed by atoms with E-state index in [1.807, 2.05) is 6.07 Å². The molecule has 2 saturated carbocycles. The molecule has 17 heavy (non-hydrogen) atoms. The second kappa shape index (κ2) is 4.64. The summed E-state index contributed by atoms with van der Waals surface area (Å²) in [5, 5.41) is 0. The van der Waals surface area contributed by atoms with Gasteiger partial charge in [0.2, 0.25) is 0 Å². The standard InChI is InChI=1S/C16H20O/c17-16(9-7-12-4-2-1-3-5-12)15-11-13-6-8-14(15)10-13/h1-5,13-15H,6-11H2. The number of aryl methyl sites for hydroxylation is 1. The van der Waals surface area contributed by atoms with E-state index in [9.17, 15) is 4.79 Å². The number of hydrogen-bond acceptors (Lipinski definition) is 1. The van der Waals surface area contributed by atoms with E-state index in [2.05, 4.69) is 24.3 Å². The van der Waals surface area contributed by atoms with Crippen LogP contribution in [0, 0.1) is 17.8 Å². The number of fused-ring (bicyclic) bond motifs is 2. The fourth-order valence-electron chi connectivity index (χ4n) is 3.74. The lowest BCUT2D eigenvalue weighted by molar-refractivity contribution is -0.124. The van der Waals surface area contributed by atoms with Crippen molar-refractivity contribution in [2.24, 2.45) is 17.8 Å². The van der Waals surface area contributed by atoms with Gasteiger partial charge in [-0.2, -0.15) is 0 Å². The summed E-state index contributed by atoms with van der Waals surface area (Å²) in [6, 6.07) is 10.4. The van der Waals surface area contributed by atoms with E-state index < -0.39 is 0 Å². The molecule has 2 fully saturated rings. The van der Waals surface area contributed by atoms with Crippen LogP contribution in [0.5, 0.6) is 0 Å². The molecule has 0 radical (unpaired) electrons. The first-order valence-electron chi connectivity index (χ1n) is 6.89. The van der Waals surface area contributed by atoms with Crippen molar-refractivity contribution in [3.05, 3.63) is 35.9 Å². The zero-order chi connectivity index (χ0) is 11.7. The number of hydrogen-bond donors (Lipinski definition) is 0. The SMILES string of the molecule is O=C(CCc1ccccc1)C1CC2CCC1C2. The second-order valence-electron chi connectivity index (χ2n) is 5.73. The Morgan fingerprint density at radius 2 is 1.94 bits per heavy atom. The predicted octanol–water partition coefficient (Wildman–Crippen LogP) is 3.62. The van der Waals surface area contributed by atoms with E-state index in [1.54, 1.807) is 0 Å². The molecule has 3 atom stereocenters. The fraction of sp³-hybridized carbons (Fsp3) is 0.562. The summed E-state index contributed by atoms with van der Waals surface area (Å²) in [7, 11) is 0. The normalized spacial score (nSPS) is 30.7. The van der Waals surface area contributed by atoms with Crippen LogP contribution in [0.15, 0.2) is 30.3 Å². The average Bonchev–Trinajstić information content (AvgIpc) is 2.99. The minimum Gasteiger partial charge on any atom is -0.299 e. The summed E-state index contributed by atoms with van der Waals surface area (Å²) in [6.45, 7) is 0. The molecule has 2 bridgehead atoms. The third kappa shape index (κ3) is 2.29. The molecular formula is C16H20O. The van der Waals surface area contributed by atoms with Crippen molar-refractivity contribution < 1.29 is 4.79 Å². The minimum absolute atomic E-state index is 0.414. The highest BCUT2D eigenvalue weighted by Gasteiger charge is 2.42. The van der Waals surface area contributed by atoms with Crippen molar-refractivity contribution in [3.8, 4) is 0 Å². The third-order valence-electron chi connectivity index (χ3n) is 4.65. The number of benzene rings is 1. The summed E-state index contributed by atoms with van der Waals surface area (Å²) in [6.07, 6.45) is 6.89. The Morgan fingerprint density at radius 3 is 2.59 bits per heavy atom. The van der Waals surface area contributed by atoms with Gasteiger partial charge in [0.25, 0.3) is 0 Å². The van der Waals surface area contributed by atoms with Gasteiger partial charge in [-0.15, -0.1) is 0 Å². The molecule has 3 unspecified atom stereocenters. The molecule has 0 saturated heterocycles. The molecule has 0 heterocycles. The van der Waals surface area contributed by atoms with Crippen LogP contribution in [0.1, 0.15) is 37.7 Å². The van der Waals surface area contributed by atoms with Crippen LogP contribution < -0.4 is 0 Å². The largest absolute Gasteiger partial charge is 0.299 e. The number of carbonyl (C=O) groups is 1. The van der Waals surface area contributed by atoms with Gasteiger partial charge in [0.15, 0.2) is 0 Å². The number of rotatable bonds is 4. The van der Waals surface area contributed by atoms with Gasteiger partial charge >= 0.3 is 0 Å². The Morgan fingerprint density at radius 1 is 1.12 bits per heavy atom. The molecule has 1 aromatic rings. The van der Waals surface area contributed by atoms with Crippen molar-refractivity contribution in [2.75, 3.05) is 0 Å². The van der Waals surface area contributed by atoms with E-state index >= 15 is 0 Å². The molecule has 90 valence electrons. The van der Waals surface area contributed by atoms with E-state index in [-0.39, 0.29) is 0 Å². The quantitative estimate of drug-likeness (QED) is 0.769. The van der Waals surface area contributed by atoms with Crippen molar-refractivity contribution in [2.45, 2.75) is 38.5 Å². The van der Waals surface area contributed by atoms with Crippen LogP contribution in [0.25, 0.3) is 0 Å². The maximum absolute atomic E-state index is 12.2. The Balaban J connectivity index is 1.54. The zero-order valence-electron chi connectivity index (χ0n) is 10.3. The van der Waals surface area contributed by atoms with Crippen LogP contribution in [0.4, 0.5) is 0 Å². The lowest BCUT2D eigenvalue weighted by Gasteiger charge is -2.20. The monoisotopic (exact) mass is 228 g/mol. The third-order valence-corrected chi connectivity index (χ3v) is 4.65. The van der Waals surface area contributed by atoms with E-state index in [0.29, 0.717) is 11.7 Å². The Labute approximate surface area is 103 Å². The number of ketones is 1. The molecule has 2 aliphatic carbocycles. The molecule has 0 aliphatic heterocycles. The van der Waals surface area contributed by atoms with Crippen molar-refractivity contribution in [1.82, 2.24) is 0 Å². The van der Waals surface area contributed by atoms with Crippen molar-refractivity contribution in [3.63, 3.8) is 0 Å². The van der Waals surface area contributed by atoms with E-state index in [1.165, 1.54) is 31.2 Å². The van der Waals surface area contributed by atoms with Crippen LogP contribution in [-0.4, -0.2) is 5.78 Å². The maximum atomic E-state index is 12.2. The highest BCUT2D eigenvalue weighted by molar-refractivity contribution is 5.82. The van der Waals surface area contributed by atoms with Gasteiger partial charge in [-0.05, 0) is 43.1 Å². The molecule has 1 heteroatoms. The van der Waals surface area contributed by atoms with Gasteiger partial charge < -0.3 is 0 Å². The lowest BCUT2D eigenvalue weighted by atomic mass is 9.84. The first kappa shape index (κ1) is 11.0. The first-order chi connectivity index (χ1) is 8.33. The van der Waals surface area contributed by atoms with Gasteiger partial charge in [0.05, 0.1) is 0 Å². The molecule has 1 aromatic carbocycles. The number of carbonyl (C=O) groups excluding carboxylic acids is 1. The van der Waals surface area contributed by atoms with Gasteiger partial charge in [0.1, 0.15) is 5.78 Å². The van der Waals surface area contributed by atoms with Crippen molar-refractivity contribution >= 4 is 5.78 Å². The van der Waals surface area contributed by atoms with Gasteiger partial charge in [-0.25, -0.2) is 0 Å². The Hall–Kier alpha value is -1.11. The molecule has 0 amide bonds. The smallest absolute Gasteiger partial charge is 0.136 e. The Kier molecular flexibility index (Phi) is 3.00. The summed E-state index contributed by atoms with van der Waals surface area (Å²) in [5.74, 6) is 2.56. The molecule has 0 spiro atoms. The number of Topliss-reactive ketones (excluding diaryl/α,β-unsaturated/α-hetero) is 1. The van der Waals surface area contributed by atoms with E-state index in [4.69, 9.17) is 0 Å². The molecule has 3 rings (SSSR count). The molecule has 1 nitrogen and oxygen atoms in total. The van der Waals surface area contributed by atoms with Gasteiger partial charge in [-0.3, -0.25) is 4.79 Å². The summed E-state index contributed by atoms with van der Waals surface area (Å²) in [5.41, 5.74) is 1.30. The summed E-state index contributed by atoms with van der Waals surface area (Å²) < 4.78 is 0. The summed E-state index contributed by atoms with van der Waals surface area (Å²) >= 11 is 0. The molecular weight excluding hydrogens is 208 g/mol. The first-order valence-corrected chi connectivity index (χ1v) is 6.89. The van der Waals surface area contributed by atoms with Crippen LogP contribution in [-0.2, 0) is 11.2 Å². The van der Waals surface area contributed by atoms with E-state index in [0.717, 1.165) is 24.7 Å².